The summed E-state index contributed by atoms with van der Waals surface area (Å²) in [6.45, 7) is 1.57. The van der Waals surface area contributed by atoms with Crippen molar-refractivity contribution in [2.45, 2.75) is 6.92 Å². The summed E-state index contributed by atoms with van der Waals surface area (Å²) >= 11 is 0. The average molecular weight is 298 g/mol. The molecule has 0 bridgehead atoms. The predicted molar refractivity (Wildman–Crippen MR) is 82.0 cm³/mol. The number of nitrogens with zero attached hydrogens (tertiary/aromatic N) is 2. The van der Waals surface area contributed by atoms with Gasteiger partial charge < -0.3 is 10.4 Å². The molecular weight excluding hydrogens is 284 g/mol. The molecule has 112 valence electrons. The molecule has 0 aliphatic carbocycles. The number of aromatic carboxylic acids is 1. The van der Waals surface area contributed by atoms with E-state index >= 15 is 0 Å². The van der Waals surface area contributed by atoms with Gasteiger partial charge >= 0.3 is 12.0 Å². The largest absolute Gasteiger partial charge is 0.478 e. The van der Waals surface area contributed by atoms with Gasteiger partial charge in [-0.05, 0) is 31.2 Å². The lowest BCUT2D eigenvalue weighted by Crippen LogP contribution is -2.25. The second-order valence-electron chi connectivity index (χ2n) is 4.33. The number of rotatable bonds is 4. The van der Waals surface area contributed by atoms with Gasteiger partial charge in [-0.3, -0.25) is 4.98 Å². The number of anilines is 1. The first-order valence-electron chi connectivity index (χ1n) is 6.43. The maximum absolute atomic E-state index is 11.7. The number of para-hydroxylation sites is 1. The zero-order valence-corrected chi connectivity index (χ0v) is 11.8. The molecule has 0 aliphatic heterocycles. The van der Waals surface area contributed by atoms with Crippen LogP contribution in [0.2, 0.25) is 0 Å². The Kier molecular flexibility index (Phi) is 4.81. The summed E-state index contributed by atoms with van der Waals surface area (Å²) in [5.74, 6) is -1.11. The quantitative estimate of drug-likeness (QED) is 0.595. The molecule has 2 amide bonds. The number of hydrogen-bond donors (Lipinski definition) is 3. The molecule has 3 N–H and O–H groups in total. The van der Waals surface area contributed by atoms with Crippen molar-refractivity contribution in [3.63, 3.8) is 0 Å². The molecule has 2 aromatic rings. The first-order chi connectivity index (χ1) is 10.6. The molecule has 22 heavy (non-hydrogen) atoms. The molecule has 0 aliphatic rings. The maximum Gasteiger partial charge on any atom is 0.339 e. The molecule has 1 aromatic heterocycles. The van der Waals surface area contributed by atoms with Crippen molar-refractivity contribution < 1.29 is 14.7 Å². The van der Waals surface area contributed by atoms with Crippen LogP contribution >= 0.6 is 0 Å². The van der Waals surface area contributed by atoms with Crippen LogP contribution in [-0.4, -0.2) is 27.8 Å². The van der Waals surface area contributed by atoms with Gasteiger partial charge in [0.25, 0.3) is 0 Å². The van der Waals surface area contributed by atoms with Gasteiger partial charge in [-0.25, -0.2) is 15.0 Å². The van der Waals surface area contributed by atoms with Crippen molar-refractivity contribution in [2.24, 2.45) is 5.10 Å². The fourth-order valence-electron chi connectivity index (χ4n) is 1.73. The van der Waals surface area contributed by atoms with Crippen molar-refractivity contribution >= 4 is 23.4 Å². The highest BCUT2D eigenvalue weighted by atomic mass is 16.4. The van der Waals surface area contributed by atoms with Gasteiger partial charge in [-0.1, -0.05) is 18.2 Å². The monoisotopic (exact) mass is 298 g/mol. The number of carbonyl (C=O) groups is 2. The molecule has 0 unspecified atom stereocenters. The number of nitrogens with one attached hydrogen (secondary N) is 2. The van der Waals surface area contributed by atoms with Gasteiger partial charge in [0, 0.05) is 11.9 Å². The number of urea groups is 1. The van der Waals surface area contributed by atoms with E-state index in [1.807, 2.05) is 6.07 Å². The average Bonchev–Trinajstić information content (AvgIpc) is 2.53. The lowest BCUT2D eigenvalue weighted by molar-refractivity contribution is 0.0696. The van der Waals surface area contributed by atoms with Crippen molar-refractivity contribution in [3.05, 3.63) is 59.9 Å². The van der Waals surface area contributed by atoms with Gasteiger partial charge in [0.2, 0.25) is 0 Å². The van der Waals surface area contributed by atoms with Crippen molar-refractivity contribution in [3.8, 4) is 0 Å². The van der Waals surface area contributed by atoms with E-state index in [9.17, 15) is 9.59 Å². The summed E-state index contributed by atoms with van der Waals surface area (Å²) in [5.41, 5.74) is 3.44. The Hall–Kier alpha value is -3.22. The summed E-state index contributed by atoms with van der Waals surface area (Å²) in [4.78, 5) is 26.8. The van der Waals surface area contributed by atoms with Gasteiger partial charge in [-0.2, -0.15) is 5.10 Å². The van der Waals surface area contributed by atoms with Crippen LogP contribution in [0, 0.1) is 0 Å². The highest BCUT2D eigenvalue weighted by Gasteiger charge is 2.13. The highest BCUT2D eigenvalue weighted by Crippen LogP contribution is 2.07. The standard InChI is InChI=1S/C15H14N4O3/c1-10(13-12(14(20)21)8-5-9-16-13)18-19-15(22)17-11-6-3-2-4-7-11/h2-9H,1H3,(H,20,21)(H2,17,19,22). The number of hydrogen-bond acceptors (Lipinski definition) is 4. The zero-order valence-electron chi connectivity index (χ0n) is 11.8. The fraction of sp³-hybridized carbons (Fsp3) is 0.0667. The van der Waals surface area contributed by atoms with Crippen LogP contribution in [0.4, 0.5) is 10.5 Å². The second-order valence-corrected chi connectivity index (χ2v) is 4.33. The number of carboxylic acids is 1. The van der Waals surface area contributed by atoms with E-state index in [4.69, 9.17) is 5.11 Å². The molecular formula is C15H14N4O3. The molecule has 0 spiro atoms. The lowest BCUT2D eigenvalue weighted by Gasteiger charge is -2.06. The topological polar surface area (TPSA) is 104 Å². The lowest BCUT2D eigenvalue weighted by atomic mass is 10.1. The van der Waals surface area contributed by atoms with E-state index in [2.05, 4.69) is 20.8 Å². The first kappa shape index (κ1) is 15.2. The Morgan fingerprint density at radius 1 is 1.14 bits per heavy atom. The Morgan fingerprint density at radius 3 is 2.55 bits per heavy atom. The molecule has 0 fully saturated rings. The smallest absolute Gasteiger partial charge is 0.339 e. The van der Waals surface area contributed by atoms with E-state index in [0.29, 0.717) is 11.4 Å². The number of amides is 2. The minimum Gasteiger partial charge on any atom is -0.478 e. The second kappa shape index (κ2) is 6.98. The summed E-state index contributed by atoms with van der Waals surface area (Å²) in [5, 5.41) is 15.5. The SMILES string of the molecule is CC(=NNC(=O)Nc1ccccc1)c1ncccc1C(=O)O. The Labute approximate surface area is 126 Å². The van der Waals surface area contributed by atoms with Crippen LogP contribution in [0.3, 0.4) is 0 Å². The Morgan fingerprint density at radius 2 is 1.86 bits per heavy atom. The van der Waals surface area contributed by atoms with Crippen molar-refractivity contribution in [2.75, 3.05) is 5.32 Å². The molecule has 1 heterocycles. The minimum atomic E-state index is -1.11. The van der Waals surface area contributed by atoms with Gasteiger partial charge in [-0.15, -0.1) is 0 Å². The van der Waals surface area contributed by atoms with Crippen molar-refractivity contribution in [1.82, 2.24) is 10.4 Å². The third-order valence-corrected chi connectivity index (χ3v) is 2.74. The van der Waals surface area contributed by atoms with Gasteiger partial charge in [0.15, 0.2) is 0 Å². The molecule has 0 saturated heterocycles. The molecule has 0 atom stereocenters. The van der Waals surface area contributed by atoms with E-state index in [1.165, 1.54) is 18.3 Å². The molecule has 7 heteroatoms. The number of pyridine rings is 1. The van der Waals surface area contributed by atoms with E-state index in [0.717, 1.165) is 0 Å². The number of aromatic nitrogens is 1. The van der Waals surface area contributed by atoms with Gasteiger partial charge in [0.05, 0.1) is 11.3 Å². The van der Waals surface area contributed by atoms with E-state index in [-0.39, 0.29) is 11.3 Å². The normalized spacial score (nSPS) is 10.9. The van der Waals surface area contributed by atoms with Crippen LogP contribution in [0.5, 0.6) is 0 Å². The van der Waals surface area contributed by atoms with Crippen molar-refractivity contribution in [1.29, 1.82) is 0 Å². The van der Waals surface area contributed by atoms with Crippen LogP contribution in [-0.2, 0) is 0 Å². The van der Waals surface area contributed by atoms with Crippen LogP contribution in [0.15, 0.2) is 53.8 Å². The third-order valence-electron chi connectivity index (χ3n) is 2.74. The highest BCUT2D eigenvalue weighted by molar-refractivity contribution is 6.06. The van der Waals surface area contributed by atoms with Crippen LogP contribution in [0.1, 0.15) is 23.0 Å². The fourth-order valence-corrected chi connectivity index (χ4v) is 1.73. The Balaban J connectivity index is 2.07. The first-order valence-corrected chi connectivity index (χ1v) is 6.43. The minimum absolute atomic E-state index is 0.0222. The summed E-state index contributed by atoms with van der Waals surface area (Å²) in [7, 11) is 0. The molecule has 0 saturated carbocycles. The van der Waals surface area contributed by atoms with E-state index < -0.39 is 12.0 Å². The molecule has 7 nitrogen and oxygen atoms in total. The summed E-state index contributed by atoms with van der Waals surface area (Å²) in [6.07, 6.45) is 1.46. The number of hydrazone groups is 1. The zero-order chi connectivity index (χ0) is 15.9. The number of benzene rings is 1. The van der Waals surface area contributed by atoms with E-state index in [1.54, 1.807) is 31.2 Å². The predicted octanol–water partition coefficient (Wildman–Crippen LogP) is 2.33. The Bertz CT molecular complexity index is 714. The maximum atomic E-state index is 11.7. The molecule has 2 rings (SSSR count). The summed E-state index contributed by atoms with van der Waals surface area (Å²) < 4.78 is 0. The number of carboxylic acid groups (broad SMARTS) is 1. The molecule has 1 aromatic carbocycles. The number of carbonyl (C=O) groups excluding carboxylic acids is 1. The summed E-state index contributed by atoms with van der Waals surface area (Å²) in [6, 6.07) is 11.3. The van der Waals surface area contributed by atoms with Crippen LogP contribution in [0.25, 0.3) is 0 Å². The van der Waals surface area contributed by atoms with Gasteiger partial charge in [0.1, 0.15) is 5.69 Å². The third kappa shape index (κ3) is 3.89. The van der Waals surface area contributed by atoms with Crippen LogP contribution < -0.4 is 10.7 Å². The molecule has 0 radical (unpaired) electrons.